The van der Waals surface area contributed by atoms with E-state index in [-0.39, 0.29) is 7.33 Å². The van der Waals surface area contributed by atoms with Gasteiger partial charge >= 0.3 is 1.43 Å². The zero-order chi connectivity index (χ0) is 9.97. The number of nitrogens with zero attached hydrogens (tertiary/aromatic N) is 2. The van der Waals surface area contributed by atoms with E-state index >= 15 is 0 Å². The lowest BCUT2D eigenvalue weighted by atomic mass is 10.2. The Hall–Kier alpha value is -1.71. The highest BCUT2D eigenvalue weighted by molar-refractivity contribution is 5.93. The van der Waals surface area contributed by atoms with Crippen LogP contribution in [-0.2, 0) is 6.54 Å². The van der Waals surface area contributed by atoms with Gasteiger partial charge in [0, 0.05) is 18.3 Å². The molecule has 4 heteroatoms. The number of aromatic nitrogens is 1. The molecule has 0 aromatic carbocycles. The molecule has 0 fully saturated rings. The number of hydrogen-bond donors (Lipinski definition) is 1. The van der Waals surface area contributed by atoms with Gasteiger partial charge in [0.2, 0.25) is 0 Å². The van der Waals surface area contributed by atoms with Gasteiger partial charge in [-0.1, -0.05) is 6.07 Å². The van der Waals surface area contributed by atoms with Crippen LogP contribution in [0.5, 0.6) is 0 Å². The number of fused-ring (bicyclic) bond motifs is 1. The van der Waals surface area contributed by atoms with E-state index < -0.39 is 0 Å². The van der Waals surface area contributed by atoms with Crippen LogP contribution >= 0.6 is 0 Å². The quantitative estimate of drug-likeness (QED) is 0.752. The molecule has 14 heavy (non-hydrogen) atoms. The number of rotatable bonds is 2. The summed E-state index contributed by atoms with van der Waals surface area (Å²) >= 11 is 0. The van der Waals surface area contributed by atoms with Gasteiger partial charge < -0.3 is 5.32 Å². The first-order chi connectivity index (χ1) is 6.81. The van der Waals surface area contributed by atoms with Gasteiger partial charge in [-0.3, -0.25) is 9.79 Å². The van der Waals surface area contributed by atoms with Crippen molar-refractivity contribution in [1.82, 2.24) is 10.3 Å². The molecule has 2 rings (SSSR count). The predicted molar refractivity (Wildman–Crippen MR) is 54.7 cm³/mol. The molecule has 1 aromatic rings. The minimum Gasteiger partial charge on any atom is -0.351 e. The molecule has 1 aliphatic heterocycles. The topological polar surface area (TPSA) is 54.4 Å². The van der Waals surface area contributed by atoms with Crippen LogP contribution in [0.2, 0.25) is 0 Å². The van der Waals surface area contributed by atoms with Crippen LogP contribution in [-0.4, -0.2) is 23.7 Å². The SMILES string of the molecule is CCNC(=O)c1ccc2c(n1)C=NC2.[H+]. The van der Waals surface area contributed by atoms with E-state index in [1.807, 2.05) is 13.0 Å². The molecular weight excluding hydrogens is 178 g/mol. The molecule has 2 heterocycles. The highest BCUT2D eigenvalue weighted by Gasteiger charge is 2.11. The highest BCUT2D eigenvalue weighted by Crippen LogP contribution is 2.12. The monoisotopic (exact) mass is 190 g/mol. The first-order valence-electron chi connectivity index (χ1n) is 4.59. The summed E-state index contributed by atoms with van der Waals surface area (Å²) in [5.74, 6) is -0.129. The fourth-order valence-electron chi connectivity index (χ4n) is 1.36. The third-order valence-corrected chi connectivity index (χ3v) is 2.06. The second kappa shape index (κ2) is 3.57. The first-order valence-corrected chi connectivity index (χ1v) is 4.59. The molecule has 1 amide bonds. The van der Waals surface area contributed by atoms with Gasteiger partial charge in [0.25, 0.3) is 5.91 Å². The number of pyridine rings is 1. The number of carbonyl (C=O) groups excluding carboxylic acids is 1. The summed E-state index contributed by atoms with van der Waals surface area (Å²) in [6, 6.07) is 3.64. The largest absolute Gasteiger partial charge is 1.00 e. The molecule has 0 aliphatic carbocycles. The van der Waals surface area contributed by atoms with Gasteiger partial charge in [-0.2, -0.15) is 0 Å². The van der Waals surface area contributed by atoms with E-state index in [2.05, 4.69) is 15.3 Å². The molecule has 0 bridgehead atoms. The van der Waals surface area contributed by atoms with Crippen LogP contribution in [0.15, 0.2) is 17.1 Å². The summed E-state index contributed by atoms with van der Waals surface area (Å²) in [6.45, 7) is 3.18. The van der Waals surface area contributed by atoms with Gasteiger partial charge in [0.1, 0.15) is 5.69 Å². The number of amides is 1. The summed E-state index contributed by atoms with van der Waals surface area (Å²) < 4.78 is 0. The van der Waals surface area contributed by atoms with Crippen LogP contribution in [0.4, 0.5) is 0 Å². The molecule has 72 valence electrons. The molecule has 0 saturated heterocycles. The fraction of sp³-hybridized carbons (Fsp3) is 0.300. The minimum absolute atomic E-state index is 0. The lowest BCUT2D eigenvalue weighted by molar-refractivity contribution is 0.0951. The van der Waals surface area contributed by atoms with Crippen LogP contribution < -0.4 is 5.32 Å². The molecule has 1 N–H and O–H groups in total. The predicted octanol–water partition coefficient (Wildman–Crippen LogP) is 0.876. The molecule has 1 aromatic heterocycles. The second-order valence-electron chi connectivity index (χ2n) is 3.07. The lowest BCUT2D eigenvalue weighted by Gasteiger charge is -2.02. The maximum atomic E-state index is 11.4. The zero-order valence-corrected chi connectivity index (χ0v) is 7.95. The Bertz CT molecular complexity index is 404. The standard InChI is InChI=1S/C10H11N3O/c1-2-12-10(14)8-4-3-7-5-11-6-9(7)13-8/h3-4,6H,2,5H2,1H3,(H,12,14)/p+1. The van der Waals surface area contributed by atoms with Crippen LogP contribution in [0.1, 0.15) is 30.1 Å². The van der Waals surface area contributed by atoms with Gasteiger partial charge in [-0.05, 0) is 13.0 Å². The Morgan fingerprint density at radius 3 is 3.29 bits per heavy atom. The number of nitrogens with one attached hydrogen (secondary N) is 1. The molecule has 0 radical (unpaired) electrons. The van der Waals surface area contributed by atoms with E-state index in [9.17, 15) is 4.79 Å². The van der Waals surface area contributed by atoms with E-state index in [1.165, 1.54) is 0 Å². The molecule has 0 unspecified atom stereocenters. The van der Waals surface area contributed by atoms with Crippen molar-refractivity contribution in [1.29, 1.82) is 0 Å². The van der Waals surface area contributed by atoms with Gasteiger partial charge in [0.15, 0.2) is 0 Å². The summed E-state index contributed by atoms with van der Waals surface area (Å²) in [7, 11) is 0. The maximum Gasteiger partial charge on any atom is 1.00 e. The summed E-state index contributed by atoms with van der Waals surface area (Å²) in [5.41, 5.74) is 2.35. The van der Waals surface area contributed by atoms with E-state index in [0.717, 1.165) is 11.3 Å². The lowest BCUT2D eigenvalue weighted by Crippen LogP contribution is -2.24. The molecule has 0 saturated carbocycles. The Kier molecular flexibility index (Phi) is 2.26. The van der Waals surface area contributed by atoms with E-state index in [4.69, 9.17) is 0 Å². The second-order valence-corrected chi connectivity index (χ2v) is 3.07. The van der Waals surface area contributed by atoms with Crippen molar-refractivity contribution in [3.05, 3.63) is 29.1 Å². The fourth-order valence-corrected chi connectivity index (χ4v) is 1.36. The molecule has 0 spiro atoms. The Balaban J connectivity index is 0.00000112. The summed E-state index contributed by atoms with van der Waals surface area (Å²) in [4.78, 5) is 19.7. The Labute approximate surface area is 83.6 Å². The minimum atomic E-state index is -0.129. The molecule has 4 nitrogen and oxygen atoms in total. The summed E-state index contributed by atoms with van der Waals surface area (Å²) in [5, 5.41) is 2.71. The number of carbonyl (C=O) groups is 1. The van der Waals surface area contributed by atoms with Crippen LogP contribution in [0, 0.1) is 0 Å². The van der Waals surface area contributed by atoms with Crippen molar-refractivity contribution < 1.29 is 6.22 Å². The third kappa shape index (κ3) is 1.51. The molecule has 0 atom stereocenters. The maximum absolute atomic E-state index is 11.4. The smallest absolute Gasteiger partial charge is 0.351 e. The average Bonchev–Trinajstić information content (AvgIpc) is 2.64. The van der Waals surface area contributed by atoms with Gasteiger partial charge in [-0.15, -0.1) is 0 Å². The van der Waals surface area contributed by atoms with E-state index in [0.29, 0.717) is 18.8 Å². The van der Waals surface area contributed by atoms with Crippen molar-refractivity contribution >= 4 is 12.1 Å². The van der Waals surface area contributed by atoms with Crippen molar-refractivity contribution in [3.8, 4) is 0 Å². The van der Waals surface area contributed by atoms with Gasteiger partial charge in [0.05, 0.1) is 12.2 Å². The zero-order valence-electron chi connectivity index (χ0n) is 8.95. The first kappa shape index (κ1) is 8.87. The average molecular weight is 190 g/mol. The van der Waals surface area contributed by atoms with Crippen LogP contribution in [0.25, 0.3) is 0 Å². The van der Waals surface area contributed by atoms with Crippen LogP contribution in [0.3, 0.4) is 0 Å². The molecular formula is C10H12N3O+. The Morgan fingerprint density at radius 1 is 1.64 bits per heavy atom. The van der Waals surface area contributed by atoms with E-state index in [1.54, 1.807) is 12.3 Å². The van der Waals surface area contributed by atoms with Crippen molar-refractivity contribution in [2.75, 3.05) is 6.54 Å². The number of hydrogen-bond acceptors (Lipinski definition) is 3. The summed E-state index contributed by atoms with van der Waals surface area (Å²) in [6.07, 6.45) is 1.71. The Morgan fingerprint density at radius 2 is 2.50 bits per heavy atom. The third-order valence-electron chi connectivity index (χ3n) is 2.06. The highest BCUT2D eigenvalue weighted by atomic mass is 16.1. The molecule has 1 aliphatic rings. The van der Waals surface area contributed by atoms with Gasteiger partial charge in [-0.25, -0.2) is 4.98 Å². The van der Waals surface area contributed by atoms with Crippen molar-refractivity contribution in [3.63, 3.8) is 0 Å². The van der Waals surface area contributed by atoms with Crippen molar-refractivity contribution in [2.45, 2.75) is 13.5 Å². The normalized spacial score (nSPS) is 12.6. The number of aliphatic imine (C=N–C) groups is 1. The van der Waals surface area contributed by atoms with Crippen molar-refractivity contribution in [2.24, 2.45) is 4.99 Å².